The summed E-state index contributed by atoms with van der Waals surface area (Å²) in [4.78, 5) is 16.4. The second-order valence-electron chi connectivity index (χ2n) is 5.20. The van der Waals surface area contributed by atoms with Crippen LogP contribution >= 0.6 is 0 Å². The van der Waals surface area contributed by atoms with Crippen molar-refractivity contribution >= 4 is 16.9 Å². The van der Waals surface area contributed by atoms with Crippen LogP contribution in [0.2, 0.25) is 0 Å². The summed E-state index contributed by atoms with van der Waals surface area (Å²) in [7, 11) is 1.98. The van der Waals surface area contributed by atoms with Gasteiger partial charge < -0.3 is 9.88 Å². The number of amides is 1. The van der Waals surface area contributed by atoms with Gasteiger partial charge in [-0.3, -0.25) is 9.48 Å². The molecule has 0 aliphatic heterocycles. The third-order valence-electron chi connectivity index (χ3n) is 3.69. The molecule has 1 N–H and O–H groups in total. The summed E-state index contributed by atoms with van der Waals surface area (Å²) in [5.74, 6) is -0.134. The molecule has 0 saturated heterocycles. The zero-order chi connectivity index (χ0) is 15.5. The second kappa shape index (κ2) is 6.01. The molecule has 3 rings (SSSR count). The molecular weight excluding hydrogens is 278 g/mol. The van der Waals surface area contributed by atoms with Gasteiger partial charge in [0, 0.05) is 44.1 Å². The third-order valence-corrected chi connectivity index (χ3v) is 3.69. The standard InChI is InChI=1S/C16H19N5O/c1-3-21-10-7-14(19-21)16(22)18-9-6-12-11-20(2)15-13(12)5-4-8-17-15/h4-5,7-8,10-11H,3,6,9H2,1-2H3,(H,18,22). The normalized spacial score (nSPS) is 11.0. The van der Waals surface area contributed by atoms with Crippen molar-refractivity contribution in [3.05, 3.63) is 48.0 Å². The Morgan fingerprint density at radius 1 is 1.36 bits per heavy atom. The van der Waals surface area contributed by atoms with Gasteiger partial charge in [0.25, 0.3) is 5.91 Å². The molecule has 0 fully saturated rings. The topological polar surface area (TPSA) is 64.7 Å². The Balaban J connectivity index is 1.63. The molecule has 0 aromatic carbocycles. The second-order valence-corrected chi connectivity index (χ2v) is 5.20. The predicted octanol–water partition coefficient (Wildman–Crippen LogP) is 1.76. The highest BCUT2D eigenvalue weighted by Gasteiger charge is 2.10. The van der Waals surface area contributed by atoms with Crippen LogP contribution in [0.5, 0.6) is 0 Å². The van der Waals surface area contributed by atoms with E-state index >= 15 is 0 Å². The quantitative estimate of drug-likeness (QED) is 0.780. The number of nitrogens with zero attached hydrogens (tertiary/aromatic N) is 4. The number of nitrogens with one attached hydrogen (secondary N) is 1. The molecule has 0 spiro atoms. The fourth-order valence-electron chi connectivity index (χ4n) is 2.55. The van der Waals surface area contributed by atoms with Crippen LogP contribution in [0.15, 0.2) is 36.8 Å². The fourth-order valence-corrected chi connectivity index (χ4v) is 2.55. The lowest BCUT2D eigenvalue weighted by atomic mass is 10.1. The number of rotatable bonds is 5. The number of hydrogen-bond acceptors (Lipinski definition) is 3. The highest BCUT2D eigenvalue weighted by atomic mass is 16.1. The van der Waals surface area contributed by atoms with Gasteiger partial charge in [-0.2, -0.15) is 5.10 Å². The van der Waals surface area contributed by atoms with Gasteiger partial charge in [-0.15, -0.1) is 0 Å². The van der Waals surface area contributed by atoms with E-state index in [1.807, 2.05) is 30.8 Å². The SMILES string of the molecule is CCn1ccc(C(=O)NCCc2cn(C)c3ncccc23)n1. The number of fused-ring (bicyclic) bond motifs is 1. The molecule has 6 heteroatoms. The van der Waals surface area contributed by atoms with Crippen LogP contribution in [-0.4, -0.2) is 31.8 Å². The lowest BCUT2D eigenvalue weighted by Gasteiger charge is -2.02. The molecule has 0 unspecified atom stereocenters. The van der Waals surface area contributed by atoms with E-state index in [0.717, 1.165) is 24.0 Å². The van der Waals surface area contributed by atoms with E-state index in [-0.39, 0.29) is 5.91 Å². The van der Waals surface area contributed by atoms with Crippen molar-refractivity contribution < 1.29 is 4.79 Å². The molecule has 0 aliphatic rings. The molecule has 0 saturated carbocycles. The molecule has 3 aromatic rings. The Kier molecular flexibility index (Phi) is 3.91. The van der Waals surface area contributed by atoms with E-state index in [1.165, 1.54) is 5.56 Å². The van der Waals surface area contributed by atoms with E-state index in [1.54, 1.807) is 16.9 Å². The Bertz CT molecular complexity index is 802. The van der Waals surface area contributed by atoms with Gasteiger partial charge in [-0.05, 0) is 37.1 Å². The largest absolute Gasteiger partial charge is 0.350 e. The molecule has 0 radical (unpaired) electrons. The van der Waals surface area contributed by atoms with Crippen LogP contribution in [0.4, 0.5) is 0 Å². The van der Waals surface area contributed by atoms with Crippen molar-refractivity contribution in [3.8, 4) is 0 Å². The average Bonchev–Trinajstić information content (AvgIpc) is 3.13. The molecule has 3 aromatic heterocycles. The first-order valence-corrected chi connectivity index (χ1v) is 7.39. The molecule has 3 heterocycles. The summed E-state index contributed by atoms with van der Waals surface area (Å²) in [5.41, 5.74) is 2.61. The maximum atomic E-state index is 12.0. The van der Waals surface area contributed by atoms with Crippen LogP contribution in [0.3, 0.4) is 0 Å². The van der Waals surface area contributed by atoms with Crippen LogP contribution in [0.25, 0.3) is 11.0 Å². The number of aryl methyl sites for hydroxylation is 2. The van der Waals surface area contributed by atoms with Crippen molar-refractivity contribution in [2.24, 2.45) is 7.05 Å². The van der Waals surface area contributed by atoms with Crippen LogP contribution in [0, 0.1) is 0 Å². The van der Waals surface area contributed by atoms with Gasteiger partial charge in [0.2, 0.25) is 0 Å². The number of pyridine rings is 1. The molecular formula is C16H19N5O. The summed E-state index contributed by atoms with van der Waals surface area (Å²) in [6.45, 7) is 3.32. The summed E-state index contributed by atoms with van der Waals surface area (Å²) >= 11 is 0. The Morgan fingerprint density at radius 2 is 2.23 bits per heavy atom. The van der Waals surface area contributed by atoms with Crippen molar-refractivity contribution in [1.82, 2.24) is 24.6 Å². The number of aromatic nitrogens is 4. The minimum atomic E-state index is -0.134. The van der Waals surface area contributed by atoms with Crippen molar-refractivity contribution in [3.63, 3.8) is 0 Å². The number of carbonyl (C=O) groups is 1. The smallest absolute Gasteiger partial charge is 0.271 e. The highest BCUT2D eigenvalue weighted by Crippen LogP contribution is 2.18. The third kappa shape index (κ3) is 2.72. The average molecular weight is 297 g/mol. The van der Waals surface area contributed by atoms with E-state index in [2.05, 4.69) is 27.7 Å². The van der Waals surface area contributed by atoms with Crippen LogP contribution < -0.4 is 5.32 Å². The van der Waals surface area contributed by atoms with E-state index in [4.69, 9.17) is 0 Å². The first kappa shape index (κ1) is 14.3. The van der Waals surface area contributed by atoms with E-state index in [9.17, 15) is 4.79 Å². The summed E-state index contributed by atoms with van der Waals surface area (Å²) in [6.07, 6.45) is 6.43. The summed E-state index contributed by atoms with van der Waals surface area (Å²) in [6, 6.07) is 5.73. The highest BCUT2D eigenvalue weighted by molar-refractivity contribution is 5.92. The van der Waals surface area contributed by atoms with Gasteiger partial charge in [0.1, 0.15) is 11.3 Å². The maximum absolute atomic E-state index is 12.0. The Morgan fingerprint density at radius 3 is 3.00 bits per heavy atom. The fraction of sp³-hybridized carbons (Fsp3) is 0.312. The van der Waals surface area contributed by atoms with Gasteiger partial charge in [-0.1, -0.05) is 0 Å². The van der Waals surface area contributed by atoms with Gasteiger partial charge in [0.15, 0.2) is 0 Å². The molecule has 0 bridgehead atoms. The molecule has 22 heavy (non-hydrogen) atoms. The van der Waals surface area contributed by atoms with Crippen LogP contribution in [0.1, 0.15) is 23.0 Å². The van der Waals surface area contributed by atoms with Crippen LogP contribution in [-0.2, 0) is 20.0 Å². The first-order chi connectivity index (χ1) is 10.7. The summed E-state index contributed by atoms with van der Waals surface area (Å²) in [5, 5.41) is 8.25. The molecule has 1 amide bonds. The lowest BCUT2D eigenvalue weighted by Crippen LogP contribution is -2.26. The van der Waals surface area contributed by atoms with Crippen molar-refractivity contribution in [1.29, 1.82) is 0 Å². The Hall–Kier alpha value is -2.63. The lowest BCUT2D eigenvalue weighted by molar-refractivity contribution is 0.0948. The van der Waals surface area contributed by atoms with Gasteiger partial charge >= 0.3 is 0 Å². The summed E-state index contributed by atoms with van der Waals surface area (Å²) < 4.78 is 3.75. The Labute approximate surface area is 128 Å². The molecule has 6 nitrogen and oxygen atoms in total. The minimum absolute atomic E-state index is 0.134. The minimum Gasteiger partial charge on any atom is -0.350 e. The van der Waals surface area contributed by atoms with Crippen molar-refractivity contribution in [2.75, 3.05) is 6.54 Å². The zero-order valence-electron chi connectivity index (χ0n) is 12.8. The number of hydrogen-bond donors (Lipinski definition) is 1. The molecule has 0 atom stereocenters. The van der Waals surface area contributed by atoms with E-state index < -0.39 is 0 Å². The predicted molar refractivity (Wildman–Crippen MR) is 84.7 cm³/mol. The van der Waals surface area contributed by atoms with Crippen molar-refractivity contribution in [2.45, 2.75) is 19.9 Å². The van der Waals surface area contributed by atoms with Gasteiger partial charge in [-0.25, -0.2) is 4.98 Å². The molecule has 114 valence electrons. The molecule has 0 aliphatic carbocycles. The maximum Gasteiger partial charge on any atom is 0.271 e. The number of carbonyl (C=O) groups excluding carboxylic acids is 1. The van der Waals surface area contributed by atoms with E-state index in [0.29, 0.717) is 12.2 Å². The first-order valence-electron chi connectivity index (χ1n) is 7.39. The van der Waals surface area contributed by atoms with Gasteiger partial charge in [0.05, 0.1) is 0 Å². The zero-order valence-corrected chi connectivity index (χ0v) is 12.8. The monoisotopic (exact) mass is 297 g/mol.